The molecule has 0 aromatic carbocycles. The maximum Gasteiger partial charge on any atom is 0.239 e. The largest absolute Gasteiger partial charge is 0.344 e. The molecule has 136 valence electrons. The van der Waals surface area contributed by atoms with Crippen molar-refractivity contribution in [1.82, 2.24) is 15.1 Å². The normalized spacial score (nSPS) is 34.0. The Bertz CT molecular complexity index is 369. The number of carbonyl (C=O) groups excluding carboxylic acids is 1. The van der Waals surface area contributed by atoms with Gasteiger partial charge in [0, 0.05) is 26.2 Å². The number of piperidine rings is 1. The van der Waals surface area contributed by atoms with Gasteiger partial charge in [-0.2, -0.15) is 0 Å². The molecule has 0 radical (unpaired) electrons. The first-order valence-electron chi connectivity index (χ1n) is 8.83. The summed E-state index contributed by atoms with van der Waals surface area (Å²) in [6, 6.07) is 0.700. The van der Waals surface area contributed by atoms with Crippen molar-refractivity contribution < 1.29 is 4.79 Å². The predicted octanol–water partition coefficient (Wildman–Crippen LogP) is 2.55. The lowest BCUT2D eigenvalue weighted by Gasteiger charge is -2.33. The quantitative estimate of drug-likeness (QED) is 0.834. The fraction of sp³-hybridized carbons (Fsp3) is 0.941. The standard InChI is InChI=1S/C17H31N3O.2ClH/c1-19-9-5-6-13(11-19)12-20(2)17(21)16-10-14-7-3-4-8-15(14)18-16;;/h13-16,18H,3-12H2,1-2H3;2*1H. The number of rotatable bonds is 3. The second kappa shape index (κ2) is 9.45. The molecule has 4 unspecified atom stereocenters. The summed E-state index contributed by atoms with van der Waals surface area (Å²) in [4.78, 5) is 17.1. The molecule has 6 heteroatoms. The van der Waals surface area contributed by atoms with E-state index < -0.39 is 0 Å². The summed E-state index contributed by atoms with van der Waals surface area (Å²) in [5, 5.41) is 3.62. The number of nitrogens with one attached hydrogen (secondary N) is 1. The molecule has 2 heterocycles. The van der Waals surface area contributed by atoms with Crippen molar-refractivity contribution in [3.63, 3.8) is 0 Å². The van der Waals surface area contributed by atoms with Gasteiger partial charge in [0.05, 0.1) is 6.04 Å². The van der Waals surface area contributed by atoms with E-state index >= 15 is 0 Å². The van der Waals surface area contributed by atoms with Crippen molar-refractivity contribution in [3.8, 4) is 0 Å². The zero-order valence-electron chi connectivity index (χ0n) is 14.5. The summed E-state index contributed by atoms with van der Waals surface area (Å²) in [5.74, 6) is 1.74. The number of halogens is 2. The molecule has 2 aliphatic heterocycles. The summed E-state index contributed by atoms with van der Waals surface area (Å²) in [6.45, 7) is 3.28. The molecule has 0 bridgehead atoms. The van der Waals surface area contributed by atoms with Crippen molar-refractivity contribution in [1.29, 1.82) is 0 Å². The van der Waals surface area contributed by atoms with Gasteiger partial charge < -0.3 is 15.1 Å². The predicted molar refractivity (Wildman–Crippen MR) is 99.6 cm³/mol. The van der Waals surface area contributed by atoms with E-state index in [1.54, 1.807) is 0 Å². The van der Waals surface area contributed by atoms with E-state index in [9.17, 15) is 4.79 Å². The van der Waals surface area contributed by atoms with E-state index in [2.05, 4.69) is 17.3 Å². The lowest BCUT2D eigenvalue weighted by atomic mass is 9.85. The van der Waals surface area contributed by atoms with Crippen LogP contribution >= 0.6 is 24.8 Å². The van der Waals surface area contributed by atoms with E-state index in [1.165, 1.54) is 45.1 Å². The van der Waals surface area contributed by atoms with Crippen LogP contribution < -0.4 is 5.32 Å². The van der Waals surface area contributed by atoms with Crippen molar-refractivity contribution in [2.24, 2.45) is 11.8 Å². The Morgan fingerprint density at radius 2 is 1.91 bits per heavy atom. The van der Waals surface area contributed by atoms with Crippen LogP contribution in [0.25, 0.3) is 0 Å². The van der Waals surface area contributed by atoms with Crippen molar-refractivity contribution in [2.45, 2.75) is 57.0 Å². The zero-order valence-corrected chi connectivity index (χ0v) is 16.1. The Balaban J connectivity index is 0.00000132. The Labute approximate surface area is 153 Å². The number of hydrogen-bond donors (Lipinski definition) is 1. The maximum absolute atomic E-state index is 12.7. The Morgan fingerprint density at radius 3 is 2.61 bits per heavy atom. The van der Waals surface area contributed by atoms with Crippen LogP contribution in [0.1, 0.15) is 44.9 Å². The van der Waals surface area contributed by atoms with Crippen LogP contribution in [-0.4, -0.2) is 61.5 Å². The average molecular weight is 366 g/mol. The molecule has 3 fully saturated rings. The number of amides is 1. The SMILES string of the molecule is CN1CCCC(CN(C)C(=O)C2CC3CCCCC3N2)C1.Cl.Cl. The molecule has 4 atom stereocenters. The minimum Gasteiger partial charge on any atom is -0.344 e. The van der Waals surface area contributed by atoms with Gasteiger partial charge in [-0.05, 0) is 57.5 Å². The highest BCUT2D eigenvalue weighted by atomic mass is 35.5. The molecular formula is C17H33Cl2N3O. The van der Waals surface area contributed by atoms with Crippen molar-refractivity contribution >= 4 is 30.7 Å². The fourth-order valence-corrected chi connectivity index (χ4v) is 4.68. The Hall–Kier alpha value is -0.0300. The molecule has 3 rings (SSSR count). The number of hydrogen-bond acceptors (Lipinski definition) is 3. The summed E-state index contributed by atoms with van der Waals surface area (Å²) in [7, 11) is 4.19. The Kier molecular flexibility index (Phi) is 8.64. The fourth-order valence-electron chi connectivity index (χ4n) is 4.68. The zero-order chi connectivity index (χ0) is 14.8. The molecule has 23 heavy (non-hydrogen) atoms. The van der Waals surface area contributed by atoms with Gasteiger partial charge in [-0.3, -0.25) is 4.79 Å². The number of likely N-dealkylation sites (N-methyl/N-ethyl adjacent to an activating group) is 1. The van der Waals surface area contributed by atoms with Crippen LogP contribution in [0.5, 0.6) is 0 Å². The van der Waals surface area contributed by atoms with Crippen LogP contribution in [0.15, 0.2) is 0 Å². The first kappa shape index (κ1) is 21.0. The van der Waals surface area contributed by atoms with E-state index in [-0.39, 0.29) is 30.9 Å². The van der Waals surface area contributed by atoms with Gasteiger partial charge >= 0.3 is 0 Å². The number of carbonyl (C=O) groups is 1. The molecule has 4 nitrogen and oxygen atoms in total. The van der Waals surface area contributed by atoms with Crippen LogP contribution in [0.4, 0.5) is 0 Å². The third-order valence-electron chi connectivity index (χ3n) is 5.79. The maximum atomic E-state index is 12.7. The molecule has 2 saturated heterocycles. The molecule has 1 amide bonds. The first-order valence-corrected chi connectivity index (χ1v) is 8.83. The molecular weight excluding hydrogens is 333 g/mol. The third kappa shape index (κ3) is 5.22. The smallest absolute Gasteiger partial charge is 0.239 e. The number of fused-ring (bicyclic) bond motifs is 1. The van der Waals surface area contributed by atoms with Crippen LogP contribution in [0, 0.1) is 11.8 Å². The van der Waals surface area contributed by atoms with Crippen LogP contribution in [0.3, 0.4) is 0 Å². The van der Waals surface area contributed by atoms with Gasteiger partial charge in [0.2, 0.25) is 5.91 Å². The van der Waals surface area contributed by atoms with E-state index in [4.69, 9.17) is 0 Å². The molecule has 0 aromatic heterocycles. The van der Waals surface area contributed by atoms with Gasteiger partial charge in [-0.25, -0.2) is 0 Å². The lowest BCUT2D eigenvalue weighted by Crippen LogP contribution is -2.47. The second-order valence-electron chi connectivity index (χ2n) is 7.60. The van der Waals surface area contributed by atoms with Crippen molar-refractivity contribution in [2.75, 3.05) is 33.7 Å². The first-order chi connectivity index (χ1) is 10.1. The van der Waals surface area contributed by atoms with E-state index in [0.29, 0.717) is 17.9 Å². The minimum absolute atomic E-state index is 0. The molecule has 0 aromatic rings. The molecule has 1 saturated carbocycles. The highest BCUT2D eigenvalue weighted by Crippen LogP contribution is 2.33. The molecule has 3 aliphatic rings. The highest BCUT2D eigenvalue weighted by molar-refractivity contribution is 5.85. The molecule has 0 spiro atoms. The third-order valence-corrected chi connectivity index (χ3v) is 5.79. The molecule has 1 N–H and O–H groups in total. The van der Waals surface area contributed by atoms with Crippen LogP contribution in [0.2, 0.25) is 0 Å². The van der Waals surface area contributed by atoms with E-state index in [1.807, 2.05) is 11.9 Å². The number of likely N-dealkylation sites (tertiary alicyclic amines) is 1. The monoisotopic (exact) mass is 365 g/mol. The summed E-state index contributed by atoms with van der Waals surface area (Å²) in [6.07, 6.45) is 8.89. The van der Waals surface area contributed by atoms with Gasteiger partial charge in [0.1, 0.15) is 0 Å². The molecule has 1 aliphatic carbocycles. The van der Waals surface area contributed by atoms with Crippen LogP contribution in [-0.2, 0) is 4.79 Å². The summed E-state index contributed by atoms with van der Waals surface area (Å²) >= 11 is 0. The second-order valence-corrected chi connectivity index (χ2v) is 7.60. The lowest BCUT2D eigenvalue weighted by molar-refractivity contribution is -0.132. The van der Waals surface area contributed by atoms with Gasteiger partial charge in [-0.1, -0.05) is 12.8 Å². The summed E-state index contributed by atoms with van der Waals surface area (Å²) < 4.78 is 0. The number of nitrogens with zero attached hydrogens (tertiary/aromatic N) is 2. The van der Waals surface area contributed by atoms with E-state index in [0.717, 1.165) is 25.4 Å². The summed E-state index contributed by atoms with van der Waals surface area (Å²) in [5.41, 5.74) is 0. The van der Waals surface area contributed by atoms with Gasteiger partial charge in [0.25, 0.3) is 0 Å². The highest BCUT2D eigenvalue weighted by Gasteiger charge is 2.39. The van der Waals surface area contributed by atoms with Gasteiger partial charge in [0.15, 0.2) is 0 Å². The Morgan fingerprint density at radius 1 is 1.17 bits per heavy atom. The van der Waals surface area contributed by atoms with Crippen molar-refractivity contribution in [3.05, 3.63) is 0 Å². The minimum atomic E-state index is 0. The topological polar surface area (TPSA) is 35.6 Å². The average Bonchev–Trinajstić information content (AvgIpc) is 2.90. The van der Waals surface area contributed by atoms with Gasteiger partial charge in [-0.15, -0.1) is 24.8 Å².